The van der Waals surface area contributed by atoms with Crippen molar-refractivity contribution in [2.75, 3.05) is 0 Å². The number of nitro benzene ring substituents is 1. The molecule has 0 aromatic heterocycles. The quantitative estimate of drug-likeness (QED) is 0.466. The molecule has 0 unspecified atom stereocenters. The molecule has 1 N–H and O–H groups in total. The zero-order valence-corrected chi connectivity index (χ0v) is 8.27. The summed E-state index contributed by atoms with van der Waals surface area (Å²) < 4.78 is 13.5. The predicted octanol–water partition coefficient (Wildman–Crippen LogP) is 0.774. The minimum atomic E-state index is -0.921. The fourth-order valence-electron chi connectivity index (χ4n) is 1.53. The van der Waals surface area contributed by atoms with Gasteiger partial charge in [-0.25, -0.2) is 4.39 Å². The van der Waals surface area contributed by atoms with Crippen LogP contribution < -0.4 is 5.32 Å². The number of carbonyl (C=O) groups excluding carboxylic acids is 2. The van der Waals surface area contributed by atoms with Crippen LogP contribution in [-0.2, 0) is 9.59 Å². The molecule has 7 heteroatoms. The summed E-state index contributed by atoms with van der Waals surface area (Å²) in [5.41, 5.74) is -1.36. The molecule has 0 spiro atoms. The number of nitro groups is 1. The van der Waals surface area contributed by atoms with Crippen molar-refractivity contribution in [2.45, 2.75) is 0 Å². The van der Waals surface area contributed by atoms with Crippen LogP contribution in [-0.4, -0.2) is 16.7 Å². The van der Waals surface area contributed by atoms with Crippen molar-refractivity contribution in [3.8, 4) is 0 Å². The van der Waals surface area contributed by atoms with Crippen LogP contribution in [0, 0.1) is 15.9 Å². The zero-order valence-electron chi connectivity index (χ0n) is 8.27. The van der Waals surface area contributed by atoms with Gasteiger partial charge in [0, 0.05) is 12.1 Å². The Hall–Kier alpha value is -2.57. The predicted molar refractivity (Wildman–Crippen MR) is 54.2 cm³/mol. The monoisotopic (exact) mass is 236 g/mol. The van der Waals surface area contributed by atoms with E-state index in [0.717, 1.165) is 24.3 Å². The highest BCUT2D eigenvalue weighted by atomic mass is 19.1. The molecule has 0 bridgehead atoms. The topological polar surface area (TPSA) is 89.3 Å². The lowest BCUT2D eigenvalue weighted by atomic mass is 10.0. The Balaban J connectivity index is 2.67. The molecule has 1 aromatic rings. The van der Waals surface area contributed by atoms with Gasteiger partial charge in [-0.15, -0.1) is 0 Å². The lowest BCUT2D eigenvalue weighted by Crippen LogP contribution is -2.22. The Morgan fingerprint density at radius 3 is 2.53 bits per heavy atom. The molecule has 1 aliphatic heterocycles. The van der Waals surface area contributed by atoms with Crippen molar-refractivity contribution >= 4 is 23.1 Å². The summed E-state index contributed by atoms with van der Waals surface area (Å²) in [5, 5.41) is 12.6. The minimum absolute atomic E-state index is 0.334. The van der Waals surface area contributed by atoms with E-state index >= 15 is 0 Å². The van der Waals surface area contributed by atoms with Crippen LogP contribution in [0.1, 0.15) is 5.56 Å². The summed E-state index contributed by atoms with van der Waals surface area (Å²) >= 11 is 0. The number of amides is 2. The fraction of sp³-hybridized carbons (Fsp3) is 0. The Bertz CT molecular complexity index is 580. The van der Waals surface area contributed by atoms with Gasteiger partial charge in [0.15, 0.2) is 0 Å². The van der Waals surface area contributed by atoms with Crippen molar-refractivity contribution in [1.82, 2.24) is 5.32 Å². The Kier molecular flexibility index (Phi) is 2.43. The Labute approximate surface area is 93.9 Å². The van der Waals surface area contributed by atoms with Gasteiger partial charge < -0.3 is 0 Å². The van der Waals surface area contributed by atoms with Crippen LogP contribution in [0.4, 0.5) is 10.1 Å². The molecule has 17 heavy (non-hydrogen) atoms. The van der Waals surface area contributed by atoms with E-state index in [2.05, 4.69) is 0 Å². The fourth-order valence-corrected chi connectivity index (χ4v) is 1.53. The third-order valence-electron chi connectivity index (χ3n) is 2.21. The number of hydrogen-bond donors (Lipinski definition) is 1. The van der Waals surface area contributed by atoms with E-state index in [9.17, 15) is 24.1 Å². The third kappa shape index (κ3) is 1.78. The highest BCUT2D eigenvalue weighted by molar-refractivity contribution is 6.34. The van der Waals surface area contributed by atoms with Crippen molar-refractivity contribution in [3.05, 3.63) is 45.8 Å². The van der Waals surface area contributed by atoms with E-state index in [1.54, 1.807) is 0 Å². The number of hydrogen-bond acceptors (Lipinski definition) is 4. The molecule has 0 aliphatic carbocycles. The van der Waals surface area contributed by atoms with E-state index < -0.39 is 33.8 Å². The van der Waals surface area contributed by atoms with Gasteiger partial charge in [0.25, 0.3) is 17.5 Å². The normalized spacial score (nSPS) is 14.5. The summed E-state index contributed by atoms with van der Waals surface area (Å²) in [6.07, 6.45) is 0.841. The number of nitrogens with one attached hydrogen (secondary N) is 1. The molecular formula is C10H5FN2O4. The molecule has 0 radical (unpaired) electrons. The molecule has 0 atom stereocenters. The van der Waals surface area contributed by atoms with Crippen LogP contribution in [0.3, 0.4) is 0 Å². The molecule has 2 amide bonds. The lowest BCUT2D eigenvalue weighted by molar-refractivity contribution is -0.385. The second-order valence-electron chi connectivity index (χ2n) is 3.27. The molecule has 0 saturated carbocycles. The summed E-state index contributed by atoms with van der Waals surface area (Å²) in [6.45, 7) is 0. The summed E-state index contributed by atoms with van der Waals surface area (Å²) in [5.74, 6) is -2.49. The molecule has 0 fully saturated rings. The van der Waals surface area contributed by atoms with Gasteiger partial charge in [-0.1, -0.05) is 6.07 Å². The molecule has 6 nitrogen and oxygen atoms in total. The van der Waals surface area contributed by atoms with Gasteiger partial charge in [-0.2, -0.15) is 0 Å². The van der Waals surface area contributed by atoms with Gasteiger partial charge in [0.1, 0.15) is 11.4 Å². The van der Waals surface area contributed by atoms with Crippen LogP contribution in [0.5, 0.6) is 0 Å². The van der Waals surface area contributed by atoms with E-state index in [1.165, 1.54) is 0 Å². The first-order valence-corrected chi connectivity index (χ1v) is 4.51. The Morgan fingerprint density at radius 2 is 2.00 bits per heavy atom. The summed E-state index contributed by atoms with van der Waals surface area (Å²) in [7, 11) is 0. The van der Waals surface area contributed by atoms with Crippen molar-refractivity contribution in [1.29, 1.82) is 0 Å². The first-order chi connectivity index (χ1) is 8.00. The minimum Gasteiger partial charge on any atom is -0.289 e. The smallest absolute Gasteiger partial charge is 0.280 e. The molecule has 0 saturated heterocycles. The van der Waals surface area contributed by atoms with Crippen molar-refractivity contribution in [3.63, 3.8) is 0 Å². The number of rotatable bonds is 2. The maximum Gasteiger partial charge on any atom is 0.280 e. The largest absolute Gasteiger partial charge is 0.289 e. The van der Waals surface area contributed by atoms with Gasteiger partial charge in [-0.05, 0) is 6.07 Å². The van der Waals surface area contributed by atoms with E-state index in [1.807, 2.05) is 5.32 Å². The molecular weight excluding hydrogens is 231 g/mol. The number of nitrogens with zero attached hydrogens (tertiary/aromatic N) is 1. The van der Waals surface area contributed by atoms with Gasteiger partial charge >= 0.3 is 0 Å². The second kappa shape index (κ2) is 3.78. The SMILES string of the molecule is O=C1C=C(c2c(F)cccc2[N+](=O)[O-])C(=O)N1. The lowest BCUT2D eigenvalue weighted by Gasteiger charge is -2.03. The highest BCUT2D eigenvalue weighted by Crippen LogP contribution is 2.30. The zero-order chi connectivity index (χ0) is 12.6. The maximum absolute atomic E-state index is 13.5. The van der Waals surface area contributed by atoms with E-state index in [-0.39, 0.29) is 5.57 Å². The number of halogens is 1. The first-order valence-electron chi connectivity index (χ1n) is 4.51. The van der Waals surface area contributed by atoms with Crippen LogP contribution in [0.15, 0.2) is 24.3 Å². The van der Waals surface area contributed by atoms with Gasteiger partial charge in [0.05, 0.1) is 10.5 Å². The highest BCUT2D eigenvalue weighted by Gasteiger charge is 2.30. The standard InChI is InChI=1S/C10H5FN2O4/c11-6-2-1-3-7(13(16)17)9(6)5-4-8(14)12-10(5)15/h1-4H,(H,12,14,15). The third-order valence-corrected chi connectivity index (χ3v) is 2.21. The van der Waals surface area contributed by atoms with Gasteiger partial charge in [-0.3, -0.25) is 25.0 Å². The van der Waals surface area contributed by atoms with Crippen molar-refractivity contribution < 1.29 is 18.9 Å². The first kappa shape index (κ1) is 10.9. The average molecular weight is 236 g/mol. The molecule has 1 heterocycles. The number of imide groups is 1. The number of carbonyl (C=O) groups is 2. The Morgan fingerprint density at radius 1 is 1.29 bits per heavy atom. The van der Waals surface area contributed by atoms with E-state index in [0.29, 0.717) is 0 Å². The maximum atomic E-state index is 13.5. The number of benzene rings is 1. The molecule has 1 aromatic carbocycles. The summed E-state index contributed by atoms with van der Waals surface area (Å²) in [6, 6.07) is 3.21. The average Bonchev–Trinajstić information content (AvgIpc) is 2.57. The molecule has 1 aliphatic rings. The second-order valence-corrected chi connectivity index (χ2v) is 3.27. The van der Waals surface area contributed by atoms with Crippen molar-refractivity contribution in [2.24, 2.45) is 0 Å². The molecule has 86 valence electrons. The van der Waals surface area contributed by atoms with Crippen LogP contribution in [0.2, 0.25) is 0 Å². The molecule has 2 rings (SSSR count). The summed E-state index contributed by atoms with van der Waals surface area (Å²) in [4.78, 5) is 32.2. The van der Waals surface area contributed by atoms with Crippen LogP contribution >= 0.6 is 0 Å². The van der Waals surface area contributed by atoms with E-state index in [4.69, 9.17) is 0 Å². The van der Waals surface area contributed by atoms with Crippen LogP contribution in [0.25, 0.3) is 5.57 Å². The van der Waals surface area contributed by atoms with Gasteiger partial charge in [0.2, 0.25) is 0 Å².